The van der Waals surface area contributed by atoms with Crippen LogP contribution in [0.1, 0.15) is 10.4 Å². The Balaban J connectivity index is 1.66. The Labute approximate surface area is 161 Å². The Bertz CT molecular complexity index is 1170. The van der Waals surface area contributed by atoms with Crippen LogP contribution in [0.5, 0.6) is 0 Å². The molecule has 2 heterocycles. The van der Waals surface area contributed by atoms with Gasteiger partial charge in [-0.25, -0.2) is 4.98 Å². The van der Waals surface area contributed by atoms with Gasteiger partial charge in [0.2, 0.25) is 0 Å². The smallest absolute Gasteiger partial charge is 0.258 e. The fraction of sp³-hybridized carbons (Fsp3) is 0.0476. The monoisotopic (exact) mass is 376 g/mol. The van der Waals surface area contributed by atoms with Crippen LogP contribution in [0, 0.1) is 0 Å². The molecule has 27 heavy (non-hydrogen) atoms. The Morgan fingerprint density at radius 2 is 1.81 bits per heavy atom. The highest BCUT2D eigenvalue weighted by atomic mass is 35.5. The minimum atomic E-state index is -0.329. The van der Waals surface area contributed by atoms with Gasteiger partial charge in [-0.3, -0.25) is 4.79 Å². The van der Waals surface area contributed by atoms with E-state index in [0.29, 0.717) is 22.2 Å². The minimum Gasteiger partial charge on any atom is -0.383 e. The summed E-state index contributed by atoms with van der Waals surface area (Å²) in [7, 11) is 1.99. The number of benzene rings is 2. The minimum absolute atomic E-state index is 0.329. The van der Waals surface area contributed by atoms with Gasteiger partial charge in [0, 0.05) is 23.5 Å². The fourth-order valence-electron chi connectivity index (χ4n) is 3.14. The van der Waals surface area contributed by atoms with Crippen LogP contribution in [0.25, 0.3) is 22.2 Å². The first-order chi connectivity index (χ1) is 13.0. The fourth-order valence-corrected chi connectivity index (χ4v) is 3.36. The van der Waals surface area contributed by atoms with Crippen molar-refractivity contribution < 1.29 is 4.79 Å². The lowest BCUT2D eigenvalue weighted by molar-refractivity contribution is 0.102. The zero-order valence-corrected chi connectivity index (χ0v) is 15.4. The van der Waals surface area contributed by atoms with E-state index in [1.54, 1.807) is 30.3 Å². The zero-order chi connectivity index (χ0) is 19.0. The Morgan fingerprint density at radius 3 is 2.56 bits per heavy atom. The highest BCUT2D eigenvalue weighted by Gasteiger charge is 2.14. The van der Waals surface area contributed by atoms with Crippen LogP contribution in [-0.4, -0.2) is 15.5 Å². The van der Waals surface area contributed by atoms with Gasteiger partial charge in [0.25, 0.3) is 5.91 Å². The number of halogens is 1. The number of hydrogen-bond acceptors (Lipinski definition) is 3. The molecule has 0 saturated carbocycles. The van der Waals surface area contributed by atoms with E-state index in [0.717, 1.165) is 22.2 Å². The Kier molecular flexibility index (Phi) is 4.30. The number of nitrogen functional groups attached to an aromatic ring is 1. The van der Waals surface area contributed by atoms with Crippen molar-refractivity contribution in [3.05, 3.63) is 77.3 Å². The summed E-state index contributed by atoms with van der Waals surface area (Å²) >= 11 is 6.07. The number of amides is 1. The maximum Gasteiger partial charge on any atom is 0.258 e. The number of nitrogens with zero attached hydrogens (tertiary/aromatic N) is 2. The summed E-state index contributed by atoms with van der Waals surface area (Å²) in [6, 6.07) is 20.6. The number of aryl methyl sites for hydroxylation is 1. The summed E-state index contributed by atoms with van der Waals surface area (Å²) < 4.78 is 2.07. The van der Waals surface area contributed by atoms with E-state index < -0.39 is 0 Å². The molecule has 3 N–H and O–H groups in total. The molecule has 2 aromatic heterocycles. The number of pyridine rings is 1. The molecule has 0 bridgehead atoms. The molecular weight excluding hydrogens is 360 g/mol. The first kappa shape index (κ1) is 17.1. The van der Waals surface area contributed by atoms with Crippen molar-refractivity contribution in [1.29, 1.82) is 0 Å². The van der Waals surface area contributed by atoms with Crippen LogP contribution >= 0.6 is 11.6 Å². The molecular formula is C21H17ClN4O. The second-order valence-corrected chi connectivity index (χ2v) is 6.62. The SMILES string of the molecule is Cn1c(-c2ccc(NC(=O)c3ccccc3Cl)nc2N)cc2ccccc21. The van der Waals surface area contributed by atoms with Crippen molar-refractivity contribution in [3.8, 4) is 11.3 Å². The molecule has 0 radical (unpaired) electrons. The molecule has 6 heteroatoms. The molecule has 4 aromatic rings. The number of hydrogen-bond donors (Lipinski definition) is 2. The van der Waals surface area contributed by atoms with Crippen LogP contribution < -0.4 is 11.1 Å². The maximum atomic E-state index is 12.4. The molecule has 0 aliphatic carbocycles. The van der Waals surface area contributed by atoms with Gasteiger partial charge in [-0.15, -0.1) is 0 Å². The van der Waals surface area contributed by atoms with Crippen molar-refractivity contribution in [2.24, 2.45) is 7.05 Å². The number of rotatable bonds is 3. The van der Waals surface area contributed by atoms with Crippen molar-refractivity contribution in [3.63, 3.8) is 0 Å². The lowest BCUT2D eigenvalue weighted by Crippen LogP contribution is -2.14. The van der Waals surface area contributed by atoms with E-state index in [1.165, 1.54) is 0 Å². The zero-order valence-electron chi connectivity index (χ0n) is 14.6. The van der Waals surface area contributed by atoms with E-state index in [4.69, 9.17) is 17.3 Å². The average molecular weight is 377 g/mol. The lowest BCUT2D eigenvalue weighted by Gasteiger charge is -2.10. The van der Waals surface area contributed by atoms with Crippen molar-refractivity contribution in [2.45, 2.75) is 0 Å². The predicted molar refractivity (Wildman–Crippen MR) is 110 cm³/mol. The molecule has 5 nitrogen and oxygen atoms in total. The van der Waals surface area contributed by atoms with Gasteiger partial charge in [0.05, 0.1) is 16.3 Å². The molecule has 4 rings (SSSR count). The number of anilines is 2. The van der Waals surface area contributed by atoms with Gasteiger partial charge in [0.1, 0.15) is 11.6 Å². The van der Waals surface area contributed by atoms with Gasteiger partial charge in [0.15, 0.2) is 0 Å². The topological polar surface area (TPSA) is 72.9 Å². The van der Waals surface area contributed by atoms with Crippen molar-refractivity contribution in [1.82, 2.24) is 9.55 Å². The van der Waals surface area contributed by atoms with Crippen molar-refractivity contribution >= 4 is 40.0 Å². The standard InChI is InChI=1S/C21H17ClN4O/c1-26-17-9-5-2-6-13(17)12-18(26)15-10-11-19(24-20(15)23)25-21(27)14-7-3-4-8-16(14)22/h2-12H,1H3,(H3,23,24,25,27). The summed E-state index contributed by atoms with van der Waals surface area (Å²) in [5, 5.41) is 4.25. The van der Waals surface area contributed by atoms with E-state index in [2.05, 4.69) is 33.1 Å². The number of carbonyl (C=O) groups is 1. The number of aromatic nitrogens is 2. The largest absolute Gasteiger partial charge is 0.383 e. The Morgan fingerprint density at radius 1 is 1.07 bits per heavy atom. The summed E-state index contributed by atoms with van der Waals surface area (Å²) in [4.78, 5) is 16.7. The number of nitrogens with two attached hydrogens (primary N) is 1. The normalized spacial score (nSPS) is 10.9. The van der Waals surface area contributed by atoms with Gasteiger partial charge >= 0.3 is 0 Å². The van der Waals surface area contributed by atoms with Crippen LogP contribution in [-0.2, 0) is 7.05 Å². The quantitative estimate of drug-likeness (QED) is 0.543. The first-order valence-corrected chi connectivity index (χ1v) is 8.79. The summed E-state index contributed by atoms with van der Waals surface area (Å²) in [6.45, 7) is 0. The molecule has 0 spiro atoms. The molecule has 0 atom stereocenters. The van der Waals surface area contributed by atoms with Gasteiger partial charge in [-0.1, -0.05) is 41.9 Å². The predicted octanol–water partition coefficient (Wildman–Crippen LogP) is 4.73. The number of para-hydroxylation sites is 1. The van der Waals surface area contributed by atoms with E-state index >= 15 is 0 Å². The van der Waals surface area contributed by atoms with Gasteiger partial charge in [-0.2, -0.15) is 0 Å². The molecule has 0 aliphatic heterocycles. The average Bonchev–Trinajstić information content (AvgIpc) is 2.99. The van der Waals surface area contributed by atoms with Crippen LogP contribution in [0.4, 0.5) is 11.6 Å². The highest BCUT2D eigenvalue weighted by Crippen LogP contribution is 2.31. The molecule has 0 aliphatic rings. The van der Waals surface area contributed by atoms with E-state index in [9.17, 15) is 4.79 Å². The third-order valence-electron chi connectivity index (χ3n) is 4.51. The summed E-state index contributed by atoms with van der Waals surface area (Å²) in [5.74, 6) is 0.391. The number of fused-ring (bicyclic) bond motifs is 1. The van der Waals surface area contributed by atoms with Gasteiger partial charge < -0.3 is 15.6 Å². The third kappa shape index (κ3) is 3.13. The maximum absolute atomic E-state index is 12.4. The molecule has 0 saturated heterocycles. The molecule has 0 fully saturated rings. The second-order valence-electron chi connectivity index (χ2n) is 6.21. The van der Waals surface area contributed by atoms with Gasteiger partial charge in [-0.05, 0) is 36.4 Å². The van der Waals surface area contributed by atoms with Crippen molar-refractivity contribution in [2.75, 3.05) is 11.1 Å². The second kappa shape index (κ2) is 6.78. The molecule has 0 unspecified atom stereocenters. The Hall–Kier alpha value is -3.31. The van der Waals surface area contributed by atoms with Crippen LogP contribution in [0.3, 0.4) is 0 Å². The lowest BCUT2D eigenvalue weighted by atomic mass is 10.1. The van der Waals surface area contributed by atoms with Crippen LogP contribution in [0.15, 0.2) is 66.7 Å². The van der Waals surface area contributed by atoms with E-state index in [1.807, 2.05) is 25.2 Å². The number of nitrogens with one attached hydrogen (secondary N) is 1. The molecule has 1 amide bonds. The highest BCUT2D eigenvalue weighted by molar-refractivity contribution is 6.34. The van der Waals surface area contributed by atoms with E-state index in [-0.39, 0.29) is 5.91 Å². The third-order valence-corrected chi connectivity index (χ3v) is 4.84. The molecule has 2 aromatic carbocycles. The summed E-state index contributed by atoms with van der Waals surface area (Å²) in [6.07, 6.45) is 0. The molecule has 134 valence electrons. The first-order valence-electron chi connectivity index (χ1n) is 8.42. The number of carbonyl (C=O) groups excluding carboxylic acids is 1. The van der Waals surface area contributed by atoms with Crippen LogP contribution in [0.2, 0.25) is 5.02 Å². The summed E-state index contributed by atoms with van der Waals surface area (Å²) in [5.41, 5.74) is 9.46.